The standard InChI is InChI=1S/C19H21N3O5S2/c1-13-5-8-17(29(25,26)22(3)4)11-18(13)21-28(23,24)16-9-6-15(7-10-16)19-12-27-14(2)20-19/h5-12,21H,1-4H3. The normalized spacial score (nSPS) is 12.3. The van der Waals surface area contributed by atoms with Crippen molar-refractivity contribution in [1.82, 2.24) is 9.29 Å². The molecule has 1 N–H and O–H groups in total. The van der Waals surface area contributed by atoms with Crippen LogP contribution in [0.4, 0.5) is 5.69 Å². The summed E-state index contributed by atoms with van der Waals surface area (Å²) in [5.41, 5.74) is 2.12. The number of rotatable bonds is 6. The Bertz CT molecular complexity index is 1250. The molecule has 0 saturated carbocycles. The average molecular weight is 436 g/mol. The average Bonchev–Trinajstić information content (AvgIpc) is 3.09. The Morgan fingerprint density at radius 1 is 0.931 bits per heavy atom. The van der Waals surface area contributed by atoms with Gasteiger partial charge in [0.15, 0.2) is 5.89 Å². The number of sulfonamides is 2. The van der Waals surface area contributed by atoms with Gasteiger partial charge in [0.25, 0.3) is 10.0 Å². The zero-order chi connectivity index (χ0) is 21.4. The van der Waals surface area contributed by atoms with E-state index in [4.69, 9.17) is 4.42 Å². The highest BCUT2D eigenvalue weighted by Crippen LogP contribution is 2.26. The van der Waals surface area contributed by atoms with Crippen molar-refractivity contribution in [1.29, 1.82) is 0 Å². The minimum absolute atomic E-state index is 0.00236. The van der Waals surface area contributed by atoms with Gasteiger partial charge in [0.2, 0.25) is 10.0 Å². The SMILES string of the molecule is Cc1nc(-c2ccc(S(=O)(=O)Nc3cc(S(=O)(=O)N(C)C)ccc3C)cc2)co1. The summed E-state index contributed by atoms with van der Waals surface area (Å²) in [6.45, 7) is 3.42. The minimum atomic E-state index is -3.91. The van der Waals surface area contributed by atoms with Crippen molar-refractivity contribution in [2.75, 3.05) is 18.8 Å². The topological polar surface area (TPSA) is 110 Å². The smallest absolute Gasteiger partial charge is 0.261 e. The lowest BCUT2D eigenvalue weighted by molar-refractivity contribution is 0.520. The number of hydrogen-bond acceptors (Lipinski definition) is 6. The summed E-state index contributed by atoms with van der Waals surface area (Å²) in [5.74, 6) is 0.515. The van der Waals surface area contributed by atoms with Crippen molar-refractivity contribution >= 4 is 25.7 Å². The molecule has 8 nitrogen and oxygen atoms in total. The molecule has 154 valence electrons. The van der Waals surface area contributed by atoms with Crippen LogP contribution in [0.1, 0.15) is 11.5 Å². The Labute approximate surface area is 170 Å². The lowest BCUT2D eigenvalue weighted by atomic mass is 10.2. The highest BCUT2D eigenvalue weighted by molar-refractivity contribution is 7.92. The lowest BCUT2D eigenvalue weighted by Gasteiger charge is -2.15. The Hall–Kier alpha value is -2.69. The van der Waals surface area contributed by atoms with E-state index in [2.05, 4.69) is 9.71 Å². The van der Waals surface area contributed by atoms with Crippen LogP contribution in [0.25, 0.3) is 11.3 Å². The Balaban J connectivity index is 1.91. The van der Waals surface area contributed by atoms with Gasteiger partial charge in [-0.3, -0.25) is 4.72 Å². The molecule has 0 spiro atoms. The van der Waals surface area contributed by atoms with E-state index < -0.39 is 20.0 Å². The number of nitrogens with zero attached hydrogens (tertiary/aromatic N) is 2. The molecule has 10 heteroatoms. The van der Waals surface area contributed by atoms with Gasteiger partial charge in [-0.05, 0) is 36.8 Å². The molecule has 0 saturated heterocycles. The quantitative estimate of drug-likeness (QED) is 0.637. The monoisotopic (exact) mass is 435 g/mol. The van der Waals surface area contributed by atoms with Crippen molar-refractivity contribution in [3.05, 3.63) is 60.2 Å². The minimum Gasteiger partial charge on any atom is -0.449 e. The van der Waals surface area contributed by atoms with Gasteiger partial charge >= 0.3 is 0 Å². The fourth-order valence-corrected chi connectivity index (χ4v) is 4.64. The van der Waals surface area contributed by atoms with E-state index >= 15 is 0 Å². The van der Waals surface area contributed by atoms with E-state index in [1.807, 2.05) is 0 Å². The summed E-state index contributed by atoms with van der Waals surface area (Å²) in [6, 6.07) is 10.5. The van der Waals surface area contributed by atoms with Crippen LogP contribution in [-0.4, -0.2) is 40.2 Å². The molecule has 0 unspecified atom stereocenters. The van der Waals surface area contributed by atoms with Crippen LogP contribution in [-0.2, 0) is 20.0 Å². The molecule has 2 aromatic carbocycles. The van der Waals surface area contributed by atoms with E-state index in [-0.39, 0.29) is 15.5 Å². The maximum Gasteiger partial charge on any atom is 0.261 e. The second kappa shape index (κ2) is 7.62. The van der Waals surface area contributed by atoms with E-state index in [0.29, 0.717) is 17.1 Å². The summed E-state index contributed by atoms with van der Waals surface area (Å²) in [6.07, 6.45) is 1.50. The zero-order valence-electron chi connectivity index (χ0n) is 16.4. The lowest BCUT2D eigenvalue weighted by Crippen LogP contribution is -2.22. The molecular formula is C19H21N3O5S2. The van der Waals surface area contributed by atoms with Gasteiger partial charge in [-0.2, -0.15) is 0 Å². The van der Waals surface area contributed by atoms with E-state index in [0.717, 1.165) is 9.87 Å². The predicted molar refractivity (Wildman–Crippen MR) is 110 cm³/mol. The Kier molecular flexibility index (Phi) is 5.52. The number of anilines is 1. The van der Waals surface area contributed by atoms with Gasteiger partial charge in [0.05, 0.1) is 15.5 Å². The Morgan fingerprint density at radius 3 is 2.10 bits per heavy atom. The molecular weight excluding hydrogens is 414 g/mol. The van der Waals surface area contributed by atoms with Gasteiger partial charge in [0.1, 0.15) is 12.0 Å². The van der Waals surface area contributed by atoms with Gasteiger partial charge in [-0.25, -0.2) is 26.1 Å². The van der Waals surface area contributed by atoms with Crippen molar-refractivity contribution in [2.24, 2.45) is 0 Å². The first-order chi connectivity index (χ1) is 13.5. The van der Waals surface area contributed by atoms with Crippen molar-refractivity contribution in [3.8, 4) is 11.3 Å². The third-order valence-electron chi connectivity index (χ3n) is 4.31. The molecule has 3 rings (SSSR count). The van der Waals surface area contributed by atoms with Gasteiger partial charge < -0.3 is 4.42 Å². The van der Waals surface area contributed by atoms with Crippen LogP contribution < -0.4 is 4.72 Å². The van der Waals surface area contributed by atoms with Crippen LogP contribution in [0.5, 0.6) is 0 Å². The highest BCUT2D eigenvalue weighted by atomic mass is 32.2. The summed E-state index contributed by atoms with van der Waals surface area (Å²) in [4.78, 5) is 4.25. The van der Waals surface area contributed by atoms with Gasteiger partial charge in [0, 0.05) is 26.6 Å². The van der Waals surface area contributed by atoms with Crippen LogP contribution >= 0.6 is 0 Å². The fourth-order valence-electron chi connectivity index (χ4n) is 2.59. The number of oxazole rings is 1. The molecule has 29 heavy (non-hydrogen) atoms. The molecule has 1 heterocycles. The van der Waals surface area contributed by atoms with Gasteiger partial charge in [-0.15, -0.1) is 0 Å². The molecule has 0 amide bonds. The third-order valence-corrected chi connectivity index (χ3v) is 7.50. The maximum atomic E-state index is 12.8. The van der Waals surface area contributed by atoms with E-state index in [9.17, 15) is 16.8 Å². The second-order valence-corrected chi connectivity index (χ2v) is 10.5. The molecule has 0 radical (unpaired) electrons. The molecule has 3 aromatic rings. The molecule has 0 atom stereocenters. The summed E-state index contributed by atoms with van der Waals surface area (Å²) in [5, 5.41) is 0. The van der Waals surface area contributed by atoms with E-state index in [1.165, 1.54) is 44.6 Å². The number of benzene rings is 2. The summed E-state index contributed by atoms with van der Waals surface area (Å²) >= 11 is 0. The molecule has 0 fully saturated rings. The van der Waals surface area contributed by atoms with Crippen LogP contribution in [0.3, 0.4) is 0 Å². The molecule has 0 aliphatic carbocycles. The zero-order valence-corrected chi connectivity index (χ0v) is 18.0. The highest BCUT2D eigenvalue weighted by Gasteiger charge is 2.21. The third kappa shape index (κ3) is 4.34. The molecule has 0 aliphatic rings. The number of aromatic nitrogens is 1. The molecule has 1 aromatic heterocycles. The summed E-state index contributed by atoms with van der Waals surface area (Å²) in [7, 11) is -4.78. The van der Waals surface area contributed by atoms with Crippen molar-refractivity contribution < 1.29 is 21.3 Å². The molecule has 0 aliphatic heterocycles. The first-order valence-electron chi connectivity index (χ1n) is 8.59. The first kappa shape index (κ1) is 21.0. The second-order valence-electron chi connectivity index (χ2n) is 6.65. The van der Waals surface area contributed by atoms with Crippen LogP contribution in [0.15, 0.2) is 62.9 Å². The molecule has 0 bridgehead atoms. The Morgan fingerprint density at radius 2 is 1.55 bits per heavy atom. The van der Waals surface area contributed by atoms with Gasteiger partial charge in [-0.1, -0.05) is 18.2 Å². The fraction of sp³-hybridized carbons (Fsp3) is 0.211. The van der Waals surface area contributed by atoms with Crippen molar-refractivity contribution in [2.45, 2.75) is 23.6 Å². The maximum absolute atomic E-state index is 12.8. The van der Waals surface area contributed by atoms with Crippen LogP contribution in [0, 0.1) is 13.8 Å². The number of nitrogens with one attached hydrogen (secondary N) is 1. The van der Waals surface area contributed by atoms with Crippen LogP contribution in [0.2, 0.25) is 0 Å². The van der Waals surface area contributed by atoms with Crippen molar-refractivity contribution in [3.63, 3.8) is 0 Å². The summed E-state index contributed by atoms with van der Waals surface area (Å²) < 4.78 is 59.0. The largest absolute Gasteiger partial charge is 0.449 e. The number of aryl methyl sites for hydroxylation is 2. The first-order valence-corrected chi connectivity index (χ1v) is 11.5. The predicted octanol–water partition coefficient (Wildman–Crippen LogP) is 3.01. The number of hydrogen-bond donors (Lipinski definition) is 1. The van der Waals surface area contributed by atoms with E-state index in [1.54, 1.807) is 32.0 Å².